The van der Waals surface area contributed by atoms with Crippen LogP contribution in [-0.4, -0.2) is 60.2 Å². The molecule has 202 valence electrons. The summed E-state index contributed by atoms with van der Waals surface area (Å²) in [6, 6.07) is 12.8. The number of likely N-dealkylation sites (N-methyl/N-ethyl adjacent to an activating group) is 1. The molecule has 7 heteroatoms. The molecule has 4 N–H and O–H groups in total. The Kier molecular flexibility index (Phi) is 13.1. The summed E-state index contributed by atoms with van der Waals surface area (Å²) in [7, 11) is 4.15. The van der Waals surface area contributed by atoms with E-state index in [4.69, 9.17) is 0 Å². The number of aliphatic hydroxyl groups is 1. The van der Waals surface area contributed by atoms with Crippen LogP contribution in [0.15, 0.2) is 66.6 Å². The number of allylic oxidation sites excluding steroid dienone is 3. The molecule has 0 amide bonds. The molecule has 2 aromatic rings. The van der Waals surface area contributed by atoms with Crippen LogP contribution in [0.25, 0.3) is 0 Å². The third kappa shape index (κ3) is 10.2. The summed E-state index contributed by atoms with van der Waals surface area (Å²) >= 11 is 0. The number of hydrogen-bond acceptors (Lipinski definition) is 6. The predicted octanol–water partition coefficient (Wildman–Crippen LogP) is 6.22. The molecule has 0 unspecified atom stereocenters. The van der Waals surface area contributed by atoms with E-state index in [2.05, 4.69) is 67.8 Å². The smallest absolute Gasteiger partial charge is 0.111 e. The number of anilines is 3. The number of aromatic amines is 1. The molecule has 1 aliphatic heterocycles. The molecule has 1 aliphatic rings. The Bertz CT molecular complexity index is 1070. The minimum atomic E-state index is 0.250. The number of aromatic nitrogens is 2. The molecule has 3 rings (SSSR count). The van der Waals surface area contributed by atoms with Crippen molar-refractivity contribution in [2.45, 2.75) is 47.1 Å². The highest BCUT2D eigenvalue weighted by molar-refractivity contribution is 5.74. The van der Waals surface area contributed by atoms with Crippen LogP contribution in [0, 0.1) is 6.92 Å². The highest BCUT2D eigenvalue weighted by Crippen LogP contribution is 2.28. The van der Waals surface area contributed by atoms with Gasteiger partial charge in [-0.05, 0) is 81.9 Å². The summed E-state index contributed by atoms with van der Waals surface area (Å²) in [5.41, 5.74) is 5.57. The Morgan fingerprint density at radius 1 is 1.08 bits per heavy atom. The number of H-pyrrole nitrogens is 1. The van der Waals surface area contributed by atoms with Gasteiger partial charge in [-0.1, -0.05) is 26.0 Å². The lowest BCUT2D eigenvalue weighted by Gasteiger charge is -2.24. The van der Waals surface area contributed by atoms with E-state index in [1.165, 1.54) is 12.1 Å². The molecule has 0 spiro atoms. The van der Waals surface area contributed by atoms with Gasteiger partial charge in [-0.15, -0.1) is 0 Å². The molecule has 0 bridgehead atoms. The SMILES string of the molecule is C/C=C(O)\C=C/Cc1nccc(CNc2cc(N3CCCN(C)CC3)ccc2NC)ccc(C)[nH]1.CC. The first-order valence-corrected chi connectivity index (χ1v) is 13.4. The van der Waals surface area contributed by atoms with E-state index < -0.39 is 0 Å². The van der Waals surface area contributed by atoms with E-state index in [1.807, 2.05) is 46.2 Å². The van der Waals surface area contributed by atoms with Crippen molar-refractivity contribution in [2.75, 3.05) is 55.8 Å². The molecular weight excluding hydrogens is 460 g/mol. The van der Waals surface area contributed by atoms with E-state index in [0.29, 0.717) is 13.0 Å². The van der Waals surface area contributed by atoms with Crippen molar-refractivity contribution in [1.82, 2.24) is 14.9 Å². The number of rotatable bonds is 8. The third-order valence-corrected chi connectivity index (χ3v) is 6.14. The van der Waals surface area contributed by atoms with Gasteiger partial charge in [0.05, 0.1) is 11.4 Å². The molecule has 0 radical (unpaired) electrons. The van der Waals surface area contributed by atoms with Gasteiger partial charge in [-0.25, -0.2) is 4.98 Å². The first-order valence-electron chi connectivity index (χ1n) is 13.4. The maximum atomic E-state index is 9.59. The lowest BCUT2D eigenvalue weighted by molar-refractivity contribution is 0.360. The normalized spacial score (nSPS) is 14.4. The average Bonchev–Trinajstić information content (AvgIpc) is 3.09. The van der Waals surface area contributed by atoms with Crippen LogP contribution < -0.4 is 15.5 Å². The summed E-state index contributed by atoms with van der Waals surface area (Å²) in [5, 5.41) is 16.5. The van der Waals surface area contributed by atoms with Crippen molar-refractivity contribution >= 4 is 17.1 Å². The number of benzene rings is 1. The van der Waals surface area contributed by atoms with Gasteiger partial charge in [0, 0.05) is 57.2 Å². The molecule has 1 aromatic heterocycles. The van der Waals surface area contributed by atoms with E-state index >= 15 is 0 Å². The molecule has 7 nitrogen and oxygen atoms in total. The zero-order valence-corrected chi connectivity index (χ0v) is 23.5. The van der Waals surface area contributed by atoms with E-state index in [0.717, 1.165) is 54.6 Å². The van der Waals surface area contributed by atoms with Gasteiger partial charge in [0.25, 0.3) is 0 Å². The van der Waals surface area contributed by atoms with Gasteiger partial charge in [0.15, 0.2) is 0 Å². The van der Waals surface area contributed by atoms with Crippen LogP contribution in [0.3, 0.4) is 0 Å². The Morgan fingerprint density at radius 2 is 1.89 bits per heavy atom. The predicted molar refractivity (Wildman–Crippen MR) is 159 cm³/mol. The summed E-state index contributed by atoms with van der Waals surface area (Å²) in [6.07, 6.45) is 8.85. The zero-order valence-electron chi connectivity index (χ0n) is 23.5. The van der Waals surface area contributed by atoms with Crippen molar-refractivity contribution in [3.63, 3.8) is 0 Å². The van der Waals surface area contributed by atoms with Crippen molar-refractivity contribution in [2.24, 2.45) is 0 Å². The fourth-order valence-electron chi connectivity index (χ4n) is 4.02. The highest BCUT2D eigenvalue weighted by Gasteiger charge is 2.14. The Balaban J connectivity index is 0.00000235. The largest absolute Gasteiger partial charge is 0.508 e. The molecule has 37 heavy (non-hydrogen) atoms. The first kappa shape index (κ1) is 29.8. The van der Waals surface area contributed by atoms with Crippen LogP contribution in [-0.2, 0) is 13.0 Å². The van der Waals surface area contributed by atoms with Gasteiger partial charge in [0.2, 0.25) is 0 Å². The molecule has 1 saturated heterocycles. The van der Waals surface area contributed by atoms with Gasteiger partial charge in [-0.2, -0.15) is 0 Å². The molecule has 2 heterocycles. The van der Waals surface area contributed by atoms with Gasteiger partial charge in [-0.3, -0.25) is 0 Å². The molecule has 1 fully saturated rings. The second-order valence-electron chi connectivity index (χ2n) is 8.91. The lowest BCUT2D eigenvalue weighted by Crippen LogP contribution is -2.28. The average molecular weight is 507 g/mol. The molecule has 1 aromatic carbocycles. The summed E-state index contributed by atoms with van der Waals surface area (Å²) < 4.78 is 0. The quantitative estimate of drug-likeness (QED) is 0.251. The minimum Gasteiger partial charge on any atom is -0.508 e. The number of nitrogens with zero attached hydrogens (tertiary/aromatic N) is 3. The third-order valence-electron chi connectivity index (χ3n) is 6.14. The highest BCUT2D eigenvalue weighted by atomic mass is 16.3. The monoisotopic (exact) mass is 506 g/mol. The standard InChI is InChI=1S/C28H40N6O.C2H6/c1-5-25(35)8-6-9-28-30-15-14-23(11-10-22(2)32-28)21-31-27-20-24(12-13-26(27)29-3)34-17-7-16-33(4)18-19-34;1-2/h5-6,8,10-15,20,29,31,35H,7,9,16-19,21H2,1-4H3,(H,30,32);1-2H3/b8-6-,15-14?,22-10?,23-11?,25-5+;. The van der Waals surface area contributed by atoms with Gasteiger partial charge in [0.1, 0.15) is 11.6 Å². The van der Waals surface area contributed by atoms with Gasteiger partial charge >= 0.3 is 0 Å². The van der Waals surface area contributed by atoms with E-state index in [1.54, 1.807) is 19.1 Å². The van der Waals surface area contributed by atoms with Crippen molar-refractivity contribution in [3.05, 3.63) is 83.7 Å². The lowest BCUT2D eigenvalue weighted by atomic mass is 10.2. The number of aliphatic hydroxyl groups excluding tert-OH is 1. The summed E-state index contributed by atoms with van der Waals surface area (Å²) in [5.74, 6) is 1.07. The Hall–Kier alpha value is -3.45. The number of nitrogens with one attached hydrogen (secondary N) is 3. The zero-order chi connectivity index (χ0) is 27.0. The van der Waals surface area contributed by atoms with Crippen molar-refractivity contribution in [3.8, 4) is 0 Å². The van der Waals surface area contributed by atoms with E-state index in [9.17, 15) is 5.11 Å². The molecular formula is C30H46N6O. The molecule has 0 saturated carbocycles. The van der Waals surface area contributed by atoms with Crippen molar-refractivity contribution in [1.29, 1.82) is 0 Å². The second-order valence-corrected chi connectivity index (χ2v) is 8.91. The fourth-order valence-corrected chi connectivity index (χ4v) is 4.02. The fraction of sp³-hybridized carbons (Fsp3) is 0.433. The van der Waals surface area contributed by atoms with Crippen LogP contribution >= 0.6 is 0 Å². The Labute approximate surface area is 223 Å². The first-order chi connectivity index (χ1) is 18.0. The topological polar surface area (TPSA) is 79.5 Å². The van der Waals surface area contributed by atoms with Crippen molar-refractivity contribution < 1.29 is 5.11 Å². The van der Waals surface area contributed by atoms with Crippen LogP contribution in [0.2, 0.25) is 0 Å². The molecule has 0 atom stereocenters. The van der Waals surface area contributed by atoms with Crippen LogP contribution in [0.4, 0.5) is 17.1 Å². The van der Waals surface area contributed by atoms with Gasteiger partial charge < -0.3 is 30.5 Å². The van der Waals surface area contributed by atoms with E-state index in [-0.39, 0.29) is 5.76 Å². The maximum Gasteiger partial charge on any atom is 0.111 e. The number of aryl methyl sites for hydroxylation is 1. The Morgan fingerprint density at radius 3 is 2.65 bits per heavy atom. The summed E-state index contributed by atoms with van der Waals surface area (Å²) in [6.45, 7) is 12.9. The summed E-state index contributed by atoms with van der Waals surface area (Å²) in [4.78, 5) is 12.8. The second kappa shape index (κ2) is 16.3. The van der Waals surface area contributed by atoms with Crippen LogP contribution in [0.5, 0.6) is 0 Å². The molecule has 0 aliphatic carbocycles. The minimum absolute atomic E-state index is 0.250. The number of hydrogen-bond donors (Lipinski definition) is 4. The maximum absolute atomic E-state index is 9.59. The van der Waals surface area contributed by atoms with Crippen LogP contribution in [0.1, 0.15) is 44.3 Å².